The number of nitrogens with one attached hydrogen (secondary N) is 1. The molecule has 0 heterocycles. The molecule has 4 heteroatoms. The van der Waals surface area contributed by atoms with Crippen LogP contribution in [0.5, 0.6) is 11.5 Å². The van der Waals surface area contributed by atoms with Crippen LogP contribution < -0.4 is 10.1 Å². The van der Waals surface area contributed by atoms with Gasteiger partial charge in [-0.2, -0.15) is 0 Å². The summed E-state index contributed by atoms with van der Waals surface area (Å²) in [6, 6.07) is 12.8. The van der Waals surface area contributed by atoms with Crippen LogP contribution in [0.4, 0.5) is 4.39 Å². The van der Waals surface area contributed by atoms with Gasteiger partial charge in [0.15, 0.2) is 11.6 Å². The van der Waals surface area contributed by atoms with Gasteiger partial charge in [-0.3, -0.25) is 0 Å². The van der Waals surface area contributed by atoms with Crippen LogP contribution in [0, 0.1) is 5.82 Å². The molecule has 0 saturated carbocycles. The van der Waals surface area contributed by atoms with Gasteiger partial charge in [0.05, 0.1) is 0 Å². The van der Waals surface area contributed by atoms with E-state index in [1.165, 1.54) is 6.07 Å². The van der Waals surface area contributed by atoms with Crippen molar-refractivity contribution in [1.29, 1.82) is 0 Å². The van der Waals surface area contributed by atoms with Crippen molar-refractivity contribution in [3.8, 4) is 11.5 Å². The minimum Gasteiger partial charge on any atom is -0.454 e. The highest BCUT2D eigenvalue weighted by Gasteiger charge is 2.06. The smallest absolute Gasteiger partial charge is 0.166 e. The van der Waals surface area contributed by atoms with Gasteiger partial charge < -0.3 is 10.1 Å². The molecule has 20 heavy (non-hydrogen) atoms. The second-order valence-corrected chi connectivity index (χ2v) is 5.78. The highest BCUT2D eigenvalue weighted by atomic mass is 79.9. The topological polar surface area (TPSA) is 21.3 Å². The van der Waals surface area contributed by atoms with Gasteiger partial charge in [-0.1, -0.05) is 41.9 Å². The van der Waals surface area contributed by atoms with Crippen LogP contribution in [0.1, 0.15) is 19.4 Å². The Morgan fingerprint density at radius 3 is 2.70 bits per heavy atom. The van der Waals surface area contributed by atoms with E-state index in [4.69, 9.17) is 4.74 Å². The quantitative estimate of drug-likeness (QED) is 0.839. The Labute approximate surface area is 127 Å². The second-order valence-electron chi connectivity index (χ2n) is 4.86. The minimum absolute atomic E-state index is 0.224. The second kappa shape index (κ2) is 6.86. The molecule has 0 radical (unpaired) electrons. The molecule has 0 aliphatic rings. The van der Waals surface area contributed by atoms with E-state index in [1.54, 1.807) is 12.1 Å². The molecule has 0 fully saturated rings. The normalized spacial score (nSPS) is 10.8. The fourth-order valence-corrected chi connectivity index (χ4v) is 2.06. The largest absolute Gasteiger partial charge is 0.454 e. The maximum atomic E-state index is 13.7. The van der Waals surface area contributed by atoms with E-state index in [0.29, 0.717) is 16.3 Å². The van der Waals surface area contributed by atoms with Gasteiger partial charge in [0, 0.05) is 17.1 Å². The van der Waals surface area contributed by atoms with Gasteiger partial charge in [0.25, 0.3) is 0 Å². The van der Waals surface area contributed by atoms with Gasteiger partial charge in [-0.05, 0) is 35.9 Å². The summed E-state index contributed by atoms with van der Waals surface area (Å²) in [5, 5.41) is 3.34. The lowest BCUT2D eigenvalue weighted by Crippen LogP contribution is -2.21. The molecular weight excluding hydrogens is 321 g/mol. The van der Waals surface area contributed by atoms with Crippen LogP contribution >= 0.6 is 15.9 Å². The molecule has 0 spiro atoms. The third-order valence-electron chi connectivity index (χ3n) is 2.73. The number of hydrogen-bond donors (Lipinski definition) is 1. The molecule has 2 rings (SSSR count). The van der Waals surface area contributed by atoms with Gasteiger partial charge in [0.2, 0.25) is 0 Å². The van der Waals surface area contributed by atoms with Crippen LogP contribution in [-0.2, 0) is 6.54 Å². The molecule has 0 saturated heterocycles. The van der Waals surface area contributed by atoms with Crippen molar-refractivity contribution in [3.05, 3.63) is 58.3 Å². The van der Waals surface area contributed by atoms with E-state index in [1.807, 2.05) is 24.3 Å². The van der Waals surface area contributed by atoms with Crippen LogP contribution in [0.2, 0.25) is 0 Å². The van der Waals surface area contributed by atoms with E-state index in [0.717, 1.165) is 12.1 Å². The maximum absolute atomic E-state index is 13.7. The first-order valence-electron chi connectivity index (χ1n) is 6.50. The fourth-order valence-electron chi connectivity index (χ4n) is 1.73. The summed E-state index contributed by atoms with van der Waals surface area (Å²) in [4.78, 5) is 0. The van der Waals surface area contributed by atoms with Gasteiger partial charge >= 0.3 is 0 Å². The molecule has 2 aromatic rings. The lowest BCUT2D eigenvalue weighted by atomic mass is 10.2. The summed E-state index contributed by atoms with van der Waals surface area (Å²) >= 11 is 3.22. The maximum Gasteiger partial charge on any atom is 0.166 e. The van der Waals surface area contributed by atoms with Gasteiger partial charge in [0.1, 0.15) is 5.75 Å². The molecule has 1 N–H and O–H groups in total. The third-order valence-corrected chi connectivity index (χ3v) is 3.23. The Kier molecular flexibility index (Phi) is 5.15. The number of hydrogen-bond acceptors (Lipinski definition) is 2. The molecule has 0 aliphatic carbocycles. The van der Waals surface area contributed by atoms with Gasteiger partial charge in [-0.25, -0.2) is 4.39 Å². The summed E-state index contributed by atoms with van der Waals surface area (Å²) in [6.45, 7) is 4.95. The van der Waals surface area contributed by atoms with Crippen molar-refractivity contribution in [3.63, 3.8) is 0 Å². The Bertz CT molecular complexity index is 586. The summed E-state index contributed by atoms with van der Waals surface area (Å²) in [5.41, 5.74) is 1.11. The SMILES string of the molecule is CC(C)NCc1cccc(Oc2ccc(Br)cc2F)c1. The Morgan fingerprint density at radius 2 is 2.00 bits per heavy atom. The zero-order valence-electron chi connectivity index (χ0n) is 11.5. The van der Waals surface area contributed by atoms with E-state index < -0.39 is 0 Å². The minimum atomic E-state index is -0.384. The summed E-state index contributed by atoms with van der Waals surface area (Å²) in [7, 11) is 0. The monoisotopic (exact) mass is 337 g/mol. The van der Waals surface area contributed by atoms with E-state index in [-0.39, 0.29) is 11.6 Å². The lowest BCUT2D eigenvalue weighted by Gasteiger charge is -2.11. The number of rotatable bonds is 5. The zero-order valence-corrected chi connectivity index (χ0v) is 13.1. The van der Waals surface area contributed by atoms with Crippen LogP contribution in [0.25, 0.3) is 0 Å². The van der Waals surface area contributed by atoms with E-state index in [9.17, 15) is 4.39 Å². The molecule has 2 aromatic carbocycles. The number of benzene rings is 2. The van der Waals surface area contributed by atoms with Crippen molar-refractivity contribution in [2.45, 2.75) is 26.4 Å². The molecule has 0 amide bonds. The first kappa shape index (κ1) is 15.0. The molecule has 106 valence electrons. The van der Waals surface area contributed by atoms with Crippen LogP contribution in [-0.4, -0.2) is 6.04 Å². The van der Waals surface area contributed by atoms with Gasteiger partial charge in [-0.15, -0.1) is 0 Å². The highest BCUT2D eigenvalue weighted by molar-refractivity contribution is 9.10. The molecule has 0 bridgehead atoms. The Hall–Kier alpha value is -1.39. The van der Waals surface area contributed by atoms with Crippen molar-refractivity contribution in [2.75, 3.05) is 0 Å². The van der Waals surface area contributed by atoms with Crippen molar-refractivity contribution in [2.24, 2.45) is 0 Å². The van der Waals surface area contributed by atoms with Crippen molar-refractivity contribution >= 4 is 15.9 Å². The summed E-state index contributed by atoms with van der Waals surface area (Å²) < 4.78 is 20.0. The predicted octanol–water partition coefficient (Wildman–Crippen LogP) is 4.88. The Balaban J connectivity index is 2.11. The first-order chi connectivity index (χ1) is 9.54. The molecule has 2 nitrogen and oxygen atoms in total. The van der Waals surface area contributed by atoms with Crippen molar-refractivity contribution in [1.82, 2.24) is 5.32 Å². The number of halogens is 2. The zero-order chi connectivity index (χ0) is 14.5. The highest BCUT2D eigenvalue weighted by Crippen LogP contribution is 2.27. The summed E-state index contributed by atoms with van der Waals surface area (Å²) in [5.74, 6) is 0.474. The standard InChI is InChI=1S/C16H17BrFNO/c1-11(2)19-10-12-4-3-5-14(8-12)20-16-7-6-13(17)9-15(16)18/h3-9,11,19H,10H2,1-2H3. The third kappa shape index (κ3) is 4.32. The lowest BCUT2D eigenvalue weighted by molar-refractivity contribution is 0.441. The number of ether oxygens (including phenoxy) is 1. The molecule has 0 atom stereocenters. The van der Waals surface area contributed by atoms with Crippen molar-refractivity contribution < 1.29 is 9.13 Å². The first-order valence-corrected chi connectivity index (χ1v) is 7.29. The van der Waals surface area contributed by atoms with E-state index >= 15 is 0 Å². The fraction of sp³-hybridized carbons (Fsp3) is 0.250. The average molecular weight is 338 g/mol. The van der Waals surface area contributed by atoms with Crippen LogP contribution in [0.15, 0.2) is 46.9 Å². The molecular formula is C16H17BrFNO. The summed E-state index contributed by atoms with van der Waals surface area (Å²) in [6.07, 6.45) is 0. The predicted molar refractivity (Wildman–Crippen MR) is 82.6 cm³/mol. The van der Waals surface area contributed by atoms with E-state index in [2.05, 4.69) is 35.1 Å². The molecule has 0 unspecified atom stereocenters. The average Bonchev–Trinajstić information content (AvgIpc) is 2.40. The molecule has 0 aliphatic heterocycles. The van der Waals surface area contributed by atoms with Crippen LogP contribution in [0.3, 0.4) is 0 Å². The molecule has 0 aromatic heterocycles. The Morgan fingerprint density at radius 1 is 1.20 bits per heavy atom.